The van der Waals surface area contributed by atoms with Crippen molar-refractivity contribution in [2.75, 3.05) is 5.43 Å². The summed E-state index contributed by atoms with van der Waals surface area (Å²) in [4.78, 5) is 8.31. The molecule has 0 bridgehead atoms. The van der Waals surface area contributed by atoms with Gasteiger partial charge in [-0.15, -0.1) is 0 Å². The SMILES string of the molecule is Cc1cnn(-c2cc(N/N=C\c3ccccc3)ncn2)c1. The third-order valence-corrected chi connectivity index (χ3v) is 2.79. The second-order valence-corrected chi connectivity index (χ2v) is 4.50. The first kappa shape index (κ1) is 13.0. The molecule has 0 saturated carbocycles. The molecule has 1 aromatic carbocycles. The number of hydrogen-bond donors (Lipinski definition) is 1. The lowest BCUT2D eigenvalue weighted by atomic mass is 10.2. The maximum absolute atomic E-state index is 4.22. The molecule has 0 aliphatic rings. The van der Waals surface area contributed by atoms with Gasteiger partial charge in [0, 0.05) is 12.3 Å². The molecule has 3 rings (SSSR count). The van der Waals surface area contributed by atoms with Crippen molar-refractivity contribution in [3.8, 4) is 5.82 Å². The number of aromatic nitrogens is 4. The molecule has 0 amide bonds. The molecule has 104 valence electrons. The first-order valence-electron chi connectivity index (χ1n) is 6.49. The zero-order chi connectivity index (χ0) is 14.5. The fourth-order valence-corrected chi connectivity index (χ4v) is 1.78. The van der Waals surface area contributed by atoms with E-state index in [1.807, 2.05) is 43.5 Å². The van der Waals surface area contributed by atoms with Gasteiger partial charge in [0.2, 0.25) is 0 Å². The Morgan fingerprint density at radius 3 is 2.81 bits per heavy atom. The van der Waals surface area contributed by atoms with Gasteiger partial charge in [0.05, 0.1) is 12.4 Å². The summed E-state index contributed by atoms with van der Waals surface area (Å²) >= 11 is 0. The molecular formula is C15H14N6. The van der Waals surface area contributed by atoms with Crippen LogP contribution in [0.5, 0.6) is 0 Å². The summed E-state index contributed by atoms with van der Waals surface area (Å²) in [5.74, 6) is 1.30. The van der Waals surface area contributed by atoms with E-state index in [1.54, 1.807) is 23.2 Å². The highest BCUT2D eigenvalue weighted by atomic mass is 15.3. The molecule has 1 N–H and O–H groups in total. The van der Waals surface area contributed by atoms with E-state index in [9.17, 15) is 0 Å². The lowest BCUT2D eigenvalue weighted by Crippen LogP contribution is -2.01. The number of nitrogens with zero attached hydrogens (tertiary/aromatic N) is 5. The van der Waals surface area contributed by atoms with Crippen LogP contribution in [0.4, 0.5) is 5.82 Å². The monoisotopic (exact) mass is 278 g/mol. The van der Waals surface area contributed by atoms with E-state index >= 15 is 0 Å². The van der Waals surface area contributed by atoms with Gasteiger partial charge >= 0.3 is 0 Å². The minimum atomic E-state index is 0.611. The molecule has 0 atom stereocenters. The molecule has 0 spiro atoms. The fraction of sp³-hybridized carbons (Fsp3) is 0.0667. The van der Waals surface area contributed by atoms with Gasteiger partial charge in [-0.25, -0.2) is 14.6 Å². The molecule has 0 radical (unpaired) electrons. The largest absolute Gasteiger partial charge is 0.261 e. The maximum Gasteiger partial charge on any atom is 0.158 e. The van der Waals surface area contributed by atoms with E-state index in [-0.39, 0.29) is 0 Å². The average Bonchev–Trinajstić information content (AvgIpc) is 2.95. The zero-order valence-corrected chi connectivity index (χ0v) is 11.5. The third-order valence-electron chi connectivity index (χ3n) is 2.79. The molecule has 0 fully saturated rings. The van der Waals surface area contributed by atoms with Gasteiger partial charge in [0.25, 0.3) is 0 Å². The van der Waals surface area contributed by atoms with Gasteiger partial charge < -0.3 is 0 Å². The van der Waals surface area contributed by atoms with Gasteiger partial charge in [-0.1, -0.05) is 30.3 Å². The summed E-state index contributed by atoms with van der Waals surface area (Å²) < 4.78 is 1.70. The molecule has 6 heteroatoms. The van der Waals surface area contributed by atoms with E-state index in [0.29, 0.717) is 11.6 Å². The van der Waals surface area contributed by atoms with E-state index in [0.717, 1.165) is 11.1 Å². The van der Waals surface area contributed by atoms with E-state index < -0.39 is 0 Å². The zero-order valence-electron chi connectivity index (χ0n) is 11.5. The summed E-state index contributed by atoms with van der Waals surface area (Å²) in [5.41, 5.74) is 4.98. The Labute approximate surface area is 122 Å². The van der Waals surface area contributed by atoms with Crippen molar-refractivity contribution in [2.45, 2.75) is 6.92 Å². The Morgan fingerprint density at radius 2 is 2.05 bits per heavy atom. The smallest absolute Gasteiger partial charge is 0.158 e. The number of nitrogens with one attached hydrogen (secondary N) is 1. The summed E-state index contributed by atoms with van der Waals surface area (Å²) in [5, 5.41) is 8.37. The van der Waals surface area contributed by atoms with Crippen LogP contribution in [-0.2, 0) is 0 Å². The molecular weight excluding hydrogens is 264 g/mol. The number of anilines is 1. The van der Waals surface area contributed by atoms with Crippen LogP contribution in [0.1, 0.15) is 11.1 Å². The molecule has 21 heavy (non-hydrogen) atoms. The Balaban J connectivity index is 1.73. The minimum absolute atomic E-state index is 0.611. The van der Waals surface area contributed by atoms with Crippen molar-refractivity contribution < 1.29 is 0 Å². The van der Waals surface area contributed by atoms with Gasteiger partial charge in [0.1, 0.15) is 6.33 Å². The van der Waals surface area contributed by atoms with Crippen LogP contribution in [0, 0.1) is 6.92 Å². The standard InChI is InChI=1S/C15H14N6/c1-12-8-19-21(10-12)15-7-14(16-11-17-15)20-18-9-13-5-3-2-4-6-13/h2-11H,1H3,(H,16,17,20)/b18-9-. The van der Waals surface area contributed by atoms with Crippen LogP contribution >= 0.6 is 0 Å². The molecule has 0 aliphatic heterocycles. The van der Waals surface area contributed by atoms with Crippen molar-refractivity contribution in [2.24, 2.45) is 5.10 Å². The van der Waals surface area contributed by atoms with Crippen molar-refractivity contribution >= 4 is 12.0 Å². The second kappa shape index (κ2) is 5.96. The first-order chi connectivity index (χ1) is 10.3. The van der Waals surface area contributed by atoms with E-state index in [1.165, 1.54) is 6.33 Å². The van der Waals surface area contributed by atoms with Gasteiger partial charge in [-0.2, -0.15) is 10.2 Å². The molecule has 2 aromatic heterocycles. The highest BCUT2D eigenvalue weighted by molar-refractivity contribution is 5.79. The number of aryl methyl sites for hydroxylation is 1. The number of hydrazone groups is 1. The molecule has 3 aromatic rings. The van der Waals surface area contributed by atoms with Gasteiger partial charge in [-0.05, 0) is 18.1 Å². The number of benzene rings is 1. The summed E-state index contributed by atoms with van der Waals surface area (Å²) in [6, 6.07) is 11.6. The predicted molar refractivity (Wildman–Crippen MR) is 81.5 cm³/mol. The fourth-order valence-electron chi connectivity index (χ4n) is 1.78. The van der Waals surface area contributed by atoms with Crippen LogP contribution < -0.4 is 5.43 Å². The average molecular weight is 278 g/mol. The Hall–Kier alpha value is -3.02. The molecule has 6 nitrogen and oxygen atoms in total. The number of rotatable bonds is 4. The van der Waals surface area contributed by atoms with Crippen molar-refractivity contribution in [1.29, 1.82) is 0 Å². The van der Waals surface area contributed by atoms with E-state index in [2.05, 4.69) is 25.6 Å². The van der Waals surface area contributed by atoms with Crippen LogP contribution in [0.2, 0.25) is 0 Å². The molecule has 0 unspecified atom stereocenters. The highest BCUT2D eigenvalue weighted by Crippen LogP contribution is 2.09. The van der Waals surface area contributed by atoms with Crippen molar-refractivity contribution in [1.82, 2.24) is 19.7 Å². The normalized spacial score (nSPS) is 10.9. The second-order valence-electron chi connectivity index (χ2n) is 4.50. The van der Waals surface area contributed by atoms with Crippen LogP contribution in [0.15, 0.2) is 60.2 Å². The van der Waals surface area contributed by atoms with Gasteiger partial charge in [0.15, 0.2) is 11.6 Å². The topological polar surface area (TPSA) is 68.0 Å². The number of hydrogen-bond acceptors (Lipinski definition) is 5. The minimum Gasteiger partial charge on any atom is -0.261 e. The summed E-state index contributed by atoms with van der Waals surface area (Å²) in [6.45, 7) is 1.98. The Kier molecular flexibility index (Phi) is 3.68. The van der Waals surface area contributed by atoms with Crippen molar-refractivity contribution in [3.63, 3.8) is 0 Å². The van der Waals surface area contributed by atoms with Crippen molar-refractivity contribution in [3.05, 3.63) is 66.2 Å². The van der Waals surface area contributed by atoms with E-state index in [4.69, 9.17) is 0 Å². The lowest BCUT2D eigenvalue weighted by molar-refractivity contribution is 0.839. The Morgan fingerprint density at radius 1 is 1.19 bits per heavy atom. The molecule has 2 heterocycles. The van der Waals surface area contributed by atoms with Crippen LogP contribution in [0.25, 0.3) is 5.82 Å². The van der Waals surface area contributed by atoms with Crippen LogP contribution in [-0.4, -0.2) is 26.0 Å². The van der Waals surface area contributed by atoms with Crippen LogP contribution in [0.3, 0.4) is 0 Å². The molecule has 0 aliphatic carbocycles. The third kappa shape index (κ3) is 3.30. The maximum atomic E-state index is 4.22. The summed E-state index contributed by atoms with van der Waals surface area (Å²) in [6.07, 6.45) is 6.90. The Bertz CT molecular complexity index is 748. The quantitative estimate of drug-likeness (QED) is 0.588. The lowest BCUT2D eigenvalue weighted by Gasteiger charge is -2.02. The first-order valence-corrected chi connectivity index (χ1v) is 6.49. The summed E-state index contributed by atoms with van der Waals surface area (Å²) in [7, 11) is 0. The highest BCUT2D eigenvalue weighted by Gasteiger charge is 2.01. The predicted octanol–water partition coefficient (Wildman–Crippen LogP) is 2.42. The molecule has 0 saturated heterocycles. The van der Waals surface area contributed by atoms with Gasteiger partial charge in [-0.3, -0.25) is 5.43 Å².